The molecule has 0 aliphatic rings. The lowest BCUT2D eigenvalue weighted by atomic mass is 9.80. The van der Waals surface area contributed by atoms with Crippen LogP contribution < -0.4 is 5.59 Å². The van der Waals surface area contributed by atoms with Crippen LogP contribution in [0.5, 0.6) is 0 Å². The smallest absolute Gasteiger partial charge is 0.465 e. The van der Waals surface area contributed by atoms with E-state index < -0.39 is 24.3 Å². The van der Waals surface area contributed by atoms with Gasteiger partial charge in [-0.25, -0.2) is 4.79 Å². The molecule has 6 nitrogen and oxygen atoms in total. The zero-order chi connectivity index (χ0) is 17.4. The SMILES string of the molecule is COC(=O)c1cccc2cc(B(O)OC(C)(C)C(C)(C)O)[nH]c12. The number of hydrogen-bond donors (Lipinski definition) is 3. The summed E-state index contributed by atoms with van der Waals surface area (Å²) < 4.78 is 10.4. The fourth-order valence-corrected chi connectivity index (χ4v) is 2.08. The second kappa shape index (κ2) is 6.00. The lowest BCUT2D eigenvalue weighted by Gasteiger charge is -2.38. The summed E-state index contributed by atoms with van der Waals surface area (Å²) in [6, 6.07) is 6.89. The van der Waals surface area contributed by atoms with Crippen molar-refractivity contribution in [2.24, 2.45) is 0 Å². The average Bonchev–Trinajstić information content (AvgIpc) is 2.88. The summed E-state index contributed by atoms with van der Waals surface area (Å²) in [5.41, 5.74) is -0.775. The quantitative estimate of drug-likeness (QED) is 0.569. The topological polar surface area (TPSA) is 91.8 Å². The van der Waals surface area contributed by atoms with Crippen LogP contribution in [0.4, 0.5) is 0 Å². The number of carbonyl (C=O) groups excluding carboxylic acids is 1. The van der Waals surface area contributed by atoms with Crippen LogP contribution in [0.3, 0.4) is 0 Å². The summed E-state index contributed by atoms with van der Waals surface area (Å²) in [4.78, 5) is 14.8. The van der Waals surface area contributed by atoms with Crippen LogP contribution in [0, 0.1) is 0 Å². The first-order valence-electron chi connectivity index (χ1n) is 7.35. The Bertz CT molecular complexity index is 717. The molecule has 7 heteroatoms. The highest BCUT2D eigenvalue weighted by Gasteiger charge is 2.40. The van der Waals surface area contributed by atoms with Crippen molar-refractivity contribution in [3.63, 3.8) is 0 Å². The fraction of sp³-hybridized carbons (Fsp3) is 0.438. The number of carbonyl (C=O) groups is 1. The normalized spacial score (nSPS) is 12.5. The third kappa shape index (κ3) is 3.42. The molecular formula is C16H22BNO5. The van der Waals surface area contributed by atoms with Crippen LogP contribution in [0.2, 0.25) is 0 Å². The first-order chi connectivity index (χ1) is 10.6. The van der Waals surface area contributed by atoms with Gasteiger partial charge < -0.3 is 24.5 Å². The van der Waals surface area contributed by atoms with Crippen LogP contribution in [0.25, 0.3) is 10.9 Å². The predicted molar refractivity (Wildman–Crippen MR) is 88.7 cm³/mol. The summed E-state index contributed by atoms with van der Waals surface area (Å²) in [6.07, 6.45) is 0. The Kier molecular flexibility index (Phi) is 4.57. The lowest BCUT2D eigenvalue weighted by molar-refractivity contribution is -0.0983. The standard InChI is InChI=1S/C16H22BNO5/c1-15(2,20)16(3,4)23-17(21)12-9-10-7-6-8-11(13(10)18-12)14(19)22-5/h6-9,18,20-21H,1-5H3. The summed E-state index contributed by atoms with van der Waals surface area (Å²) in [6.45, 7) is 6.61. The number of aliphatic hydroxyl groups is 1. The van der Waals surface area contributed by atoms with E-state index in [2.05, 4.69) is 4.98 Å². The number of para-hydroxylation sites is 1. The number of methoxy groups -OCH3 is 1. The predicted octanol–water partition coefficient (Wildman–Crippen LogP) is 1.21. The second-order valence-corrected chi connectivity index (χ2v) is 6.53. The first-order valence-corrected chi connectivity index (χ1v) is 7.35. The van der Waals surface area contributed by atoms with Gasteiger partial charge in [-0.3, -0.25) is 0 Å². The molecule has 0 bridgehead atoms. The maximum atomic E-state index is 11.8. The van der Waals surface area contributed by atoms with Crippen molar-refractivity contribution in [2.75, 3.05) is 7.11 Å². The van der Waals surface area contributed by atoms with Gasteiger partial charge in [0, 0.05) is 5.59 Å². The van der Waals surface area contributed by atoms with E-state index in [1.54, 1.807) is 45.9 Å². The minimum Gasteiger partial charge on any atom is -0.465 e. The molecule has 0 aliphatic carbocycles. The van der Waals surface area contributed by atoms with E-state index in [1.165, 1.54) is 7.11 Å². The zero-order valence-corrected chi connectivity index (χ0v) is 14.0. The van der Waals surface area contributed by atoms with E-state index in [4.69, 9.17) is 9.39 Å². The van der Waals surface area contributed by atoms with Gasteiger partial charge in [-0.15, -0.1) is 0 Å². The van der Waals surface area contributed by atoms with Gasteiger partial charge >= 0.3 is 13.1 Å². The van der Waals surface area contributed by atoms with E-state index in [-0.39, 0.29) is 0 Å². The van der Waals surface area contributed by atoms with Gasteiger partial charge in [0.1, 0.15) is 0 Å². The third-order valence-electron chi connectivity index (χ3n) is 4.23. The Hall–Kier alpha value is -1.83. The zero-order valence-electron chi connectivity index (χ0n) is 14.0. The molecule has 1 heterocycles. The molecule has 3 N–H and O–H groups in total. The maximum absolute atomic E-state index is 11.8. The molecule has 0 spiro atoms. The van der Waals surface area contributed by atoms with Crippen molar-refractivity contribution >= 4 is 29.6 Å². The molecular weight excluding hydrogens is 297 g/mol. The van der Waals surface area contributed by atoms with Crippen molar-refractivity contribution in [3.05, 3.63) is 29.8 Å². The van der Waals surface area contributed by atoms with E-state index in [0.29, 0.717) is 16.7 Å². The van der Waals surface area contributed by atoms with E-state index >= 15 is 0 Å². The van der Waals surface area contributed by atoms with Crippen LogP contribution >= 0.6 is 0 Å². The van der Waals surface area contributed by atoms with E-state index in [9.17, 15) is 14.9 Å². The van der Waals surface area contributed by atoms with Gasteiger partial charge in [-0.2, -0.15) is 0 Å². The van der Waals surface area contributed by atoms with E-state index in [0.717, 1.165) is 5.39 Å². The highest BCUT2D eigenvalue weighted by Crippen LogP contribution is 2.25. The molecule has 0 fully saturated rings. The lowest BCUT2D eigenvalue weighted by Crippen LogP contribution is -2.53. The number of aromatic nitrogens is 1. The monoisotopic (exact) mass is 319 g/mol. The van der Waals surface area contributed by atoms with Crippen LogP contribution in [0.1, 0.15) is 38.1 Å². The Morgan fingerprint density at radius 3 is 2.48 bits per heavy atom. The molecule has 1 aromatic heterocycles. The number of H-pyrrole nitrogens is 1. The maximum Gasteiger partial charge on any atom is 0.508 e. The van der Waals surface area contributed by atoms with Gasteiger partial charge in [-0.05, 0) is 45.2 Å². The highest BCUT2D eigenvalue weighted by atomic mass is 16.5. The van der Waals surface area contributed by atoms with Crippen molar-refractivity contribution in [1.29, 1.82) is 0 Å². The molecule has 0 unspecified atom stereocenters. The number of benzene rings is 1. The molecule has 1 aromatic carbocycles. The number of hydrogen-bond acceptors (Lipinski definition) is 5. The summed E-state index contributed by atoms with van der Waals surface area (Å²) >= 11 is 0. The van der Waals surface area contributed by atoms with Gasteiger partial charge in [-0.1, -0.05) is 12.1 Å². The molecule has 0 saturated carbocycles. The number of fused-ring (bicyclic) bond motifs is 1. The Morgan fingerprint density at radius 1 is 1.26 bits per heavy atom. The molecule has 124 valence electrons. The second-order valence-electron chi connectivity index (χ2n) is 6.53. The van der Waals surface area contributed by atoms with Gasteiger partial charge in [0.15, 0.2) is 0 Å². The first kappa shape index (κ1) is 17.5. The number of nitrogens with one attached hydrogen (secondary N) is 1. The van der Waals surface area contributed by atoms with Crippen molar-refractivity contribution in [3.8, 4) is 0 Å². The number of aromatic amines is 1. The number of ether oxygens (including phenoxy) is 1. The van der Waals surface area contributed by atoms with Crippen LogP contribution in [-0.4, -0.2) is 46.5 Å². The largest absolute Gasteiger partial charge is 0.508 e. The van der Waals surface area contributed by atoms with Gasteiger partial charge in [0.2, 0.25) is 0 Å². The highest BCUT2D eigenvalue weighted by molar-refractivity contribution is 6.59. The molecule has 0 saturated heterocycles. The van der Waals surface area contributed by atoms with Crippen molar-refractivity contribution < 1.29 is 24.3 Å². The van der Waals surface area contributed by atoms with Crippen molar-refractivity contribution in [1.82, 2.24) is 4.98 Å². The molecule has 23 heavy (non-hydrogen) atoms. The molecule has 2 rings (SSSR count). The molecule has 0 aliphatic heterocycles. The third-order valence-corrected chi connectivity index (χ3v) is 4.23. The number of esters is 1. The summed E-state index contributed by atoms with van der Waals surface area (Å²) in [5, 5.41) is 21.2. The number of rotatable bonds is 5. The van der Waals surface area contributed by atoms with Gasteiger partial charge in [0.05, 0.1) is 29.4 Å². The average molecular weight is 319 g/mol. The Balaban J connectivity index is 2.36. The minimum absolute atomic E-state index is 0.380. The fourth-order valence-electron chi connectivity index (χ4n) is 2.08. The molecule has 2 aromatic rings. The summed E-state index contributed by atoms with van der Waals surface area (Å²) in [5.74, 6) is -0.462. The van der Waals surface area contributed by atoms with Gasteiger partial charge in [0.25, 0.3) is 0 Å². The van der Waals surface area contributed by atoms with E-state index in [1.807, 2.05) is 6.07 Å². The Labute approximate surface area is 135 Å². The molecule has 0 atom stereocenters. The molecule has 0 radical (unpaired) electrons. The van der Waals surface area contributed by atoms with Crippen molar-refractivity contribution in [2.45, 2.75) is 38.9 Å². The minimum atomic E-state index is -1.27. The van der Waals surface area contributed by atoms with Crippen LogP contribution in [0.15, 0.2) is 24.3 Å². The Morgan fingerprint density at radius 2 is 1.91 bits per heavy atom. The van der Waals surface area contributed by atoms with Crippen LogP contribution in [-0.2, 0) is 9.39 Å². The summed E-state index contributed by atoms with van der Waals surface area (Å²) in [7, 11) is 0.0452. The molecule has 0 amide bonds.